The van der Waals surface area contributed by atoms with Crippen molar-refractivity contribution in [2.45, 2.75) is 156 Å². The lowest BCUT2D eigenvalue weighted by atomic mass is 9.22. The van der Waals surface area contributed by atoms with Crippen molar-refractivity contribution in [1.82, 2.24) is 9.80 Å². The van der Waals surface area contributed by atoms with Crippen LogP contribution in [0.5, 0.6) is 0 Å². The molecule has 3 heteroatoms. The Balaban J connectivity index is 1.09. The fourth-order valence-electron chi connectivity index (χ4n) is 15.2. The van der Waals surface area contributed by atoms with Gasteiger partial charge < -0.3 is 4.90 Å². The summed E-state index contributed by atoms with van der Waals surface area (Å²) in [4.78, 5) is 6.16. The van der Waals surface area contributed by atoms with E-state index in [1.54, 1.807) is 33.5 Å². The van der Waals surface area contributed by atoms with Gasteiger partial charge in [-0.15, -0.1) is 0 Å². The lowest BCUT2D eigenvalue weighted by Gasteiger charge is -2.60. The zero-order chi connectivity index (χ0) is 41.0. The molecule has 0 amide bonds. The van der Waals surface area contributed by atoms with E-state index in [9.17, 15) is 0 Å². The van der Waals surface area contributed by atoms with Crippen LogP contribution < -0.4 is 0 Å². The zero-order valence-corrected chi connectivity index (χ0v) is 38.2. The Bertz CT molecular complexity index is 2140. The number of nitrogens with zero attached hydrogens (tertiary/aromatic N) is 2. The quantitative estimate of drug-likeness (QED) is 0.207. The first-order chi connectivity index (χ1) is 28.0. The van der Waals surface area contributed by atoms with Crippen molar-refractivity contribution in [3.05, 3.63) is 131 Å². The molecule has 13 atom stereocenters. The minimum Gasteiger partial charge on any atom is -0.361 e. The van der Waals surface area contributed by atoms with E-state index in [0.717, 1.165) is 0 Å². The third kappa shape index (κ3) is 5.67. The summed E-state index contributed by atoms with van der Waals surface area (Å²) < 4.78 is 0. The van der Waals surface area contributed by atoms with Crippen LogP contribution in [0.15, 0.2) is 131 Å². The van der Waals surface area contributed by atoms with E-state index in [-0.39, 0.29) is 21.7 Å². The predicted molar refractivity (Wildman–Crippen MR) is 250 cm³/mol. The van der Waals surface area contributed by atoms with Gasteiger partial charge in [0.25, 0.3) is 0 Å². The van der Waals surface area contributed by atoms with Gasteiger partial charge >= 0.3 is 0 Å². The average Bonchev–Trinajstić information content (AvgIpc) is 3.74. The molecule has 4 saturated heterocycles. The Labute approximate surface area is 359 Å². The van der Waals surface area contributed by atoms with Gasteiger partial charge in [0.15, 0.2) is 6.71 Å². The molecule has 4 heterocycles. The van der Waals surface area contributed by atoms with Gasteiger partial charge in [-0.2, -0.15) is 0 Å². The number of allylic oxidation sites excluding steroid dienone is 14. The SMILES string of the molecule is CC(C)(C)C1=CC2B3C4=CC(C(C)(C)C5CC=CCC5)=CC5C6=CC(C(C)(C)C7C=CC=CC7)CCC6N(C6C=CC=C(C36)N3C6C=CC(C(C)(C)C)CC6C(=C1)C23)C45. The molecule has 0 aromatic heterocycles. The Morgan fingerprint density at radius 3 is 2.22 bits per heavy atom. The van der Waals surface area contributed by atoms with Crippen molar-refractivity contribution in [3.8, 4) is 0 Å². The minimum atomic E-state index is 0.112. The maximum Gasteiger partial charge on any atom is 0.194 e. The summed E-state index contributed by atoms with van der Waals surface area (Å²) in [5.74, 6) is 4.48. The molecule has 7 aliphatic carbocycles. The summed E-state index contributed by atoms with van der Waals surface area (Å²) in [6.07, 6.45) is 50.5. The summed E-state index contributed by atoms with van der Waals surface area (Å²) in [6, 6.07) is 2.30. The largest absolute Gasteiger partial charge is 0.361 e. The van der Waals surface area contributed by atoms with E-state index in [0.29, 0.717) is 84.1 Å². The first kappa shape index (κ1) is 38.9. The molecular formula is C56H73BN2. The van der Waals surface area contributed by atoms with Gasteiger partial charge in [0.2, 0.25) is 0 Å². The number of hydrogen-bond donors (Lipinski definition) is 0. The predicted octanol–water partition coefficient (Wildman–Crippen LogP) is 13.2. The molecule has 0 aromatic carbocycles. The zero-order valence-electron chi connectivity index (χ0n) is 38.2. The van der Waals surface area contributed by atoms with E-state index >= 15 is 0 Å². The van der Waals surface area contributed by atoms with E-state index in [2.05, 4.69) is 176 Å². The third-order valence-corrected chi connectivity index (χ3v) is 18.9. The van der Waals surface area contributed by atoms with Crippen LogP contribution in [0.1, 0.15) is 114 Å². The molecule has 310 valence electrons. The van der Waals surface area contributed by atoms with Crippen LogP contribution in [0.4, 0.5) is 0 Å². The smallest absolute Gasteiger partial charge is 0.194 e. The highest BCUT2D eigenvalue weighted by Gasteiger charge is 2.67. The second-order valence-corrected chi connectivity index (χ2v) is 24.4. The fraction of sp³-hybridized carbons (Fsp3) is 0.607. The molecule has 0 bridgehead atoms. The molecule has 59 heavy (non-hydrogen) atoms. The molecule has 2 nitrogen and oxygen atoms in total. The van der Waals surface area contributed by atoms with Crippen LogP contribution in [0.25, 0.3) is 0 Å². The summed E-state index contributed by atoms with van der Waals surface area (Å²) >= 11 is 0. The molecule has 0 radical (unpaired) electrons. The van der Waals surface area contributed by atoms with E-state index in [4.69, 9.17) is 0 Å². The molecule has 0 saturated carbocycles. The molecule has 4 fully saturated rings. The van der Waals surface area contributed by atoms with Gasteiger partial charge in [0, 0.05) is 41.5 Å². The van der Waals surface area contributed by atoms with Crippen LogP contribution >= 0.6 is 0 Å². The first-order valence-corrected chi connectivity index (χ1v) is 24.2. The van der Waals surface area contributed by atoms with Crippen molar-refractivity contribution in [3.63, 3.8) is 0 Å². The molecule has 0 aromatic rings. The molecule has 11 rings (SSSR count). The fourth-order valence-corrected chi connectivity index (χ4v) is 15.2. The Morgan fingerprint density at radius 1 is 0.661 bits per heavy atom. The second kappa shape index (κ2) is 13.2. The normalized spacial score (nSPS) is 40.5. The standard InChI is InChI=1S/C56H73BN2/c1-53(2,3)36-24-26-46-40(28-36)42-30-38(54(4,5)6)32-44-51(42)58(46)48-22-17-23-49-50(48)57(44)45-33-39(56(9,10)35-20-15-12-16-21-35)31-43-41-29-37(25-27-47(41)59(49)52(43)45)55(7,8)34-18-13-11-14-19-34/h11-15,17-18,22-24,26,29-37,40,43-44,46-47,49-52H,16,19-21,25,27-28H2,1-10H3. The van der Waals surface area contributed by atoms with Gasteiger partial charge in [-0.05, 0) is 124 Å². The molecule has 0 N–H and O–H groups in total. The molecule has 4 aliphatic heterocycles. The Hall–Kier alpha value is -3.04. The molecule has 13 unspecified atom stereocenters. The Kier molecular flexibility index (Phi) is 8.72. The maximum absolute atomic E-state index is 3.14. The molecule has 11 aliphatic rings. The van der Waals surface area contributed by atoms with Gasteiger partial charge in [0.1, 0.15) is 0 Å². The van der Waals surface area contributed by atoms with Crippen molar-refractivity contribution in [1.29, 1.82) is 0 Å². The Morgan fingerprint density at radius 2 is 1.49 bits per heavy atom. The van der Waals surface area contributed by atoms with Crippen molar-refractivity contribution in [2.24, 2.45) is 57.2 Å². The first-order valence-electron chi connectivity index (χ1n) is 24.2. The highest BCUT2D eigenvalue weighted by Crippen LogP contribution is 2.66. The van der Waals surface area contributed by atoms with Gasteiger partial charge in [0.05, 0.1) is 12.1 Å². The van der Waals surface area contributed by atoms with Crippen LogP contribution in [0, 0.1) is 57.2 Å². The minimum absolute atomic E-state index is 0.112. The van der Waals surface area contributed by atoms with Gasteiger partial charge in [-0.3, -0.25) is 4.90 Å². The highest BCUT2D eigenvalue weighted by atomic mass is 15.3. The molecule has 0 spiro atoms. The number of rotatable bonds is 4. The lowest BCUT2D eigenvalue weighted by molar-refractivity contribution is 0.112. The van der Waals surface area contributed by atoms with E-state index in [1.807, 2.05) is 0 Å². The highest BCUT2D eigenvalue weighted by molar-refractivity contribution is 6.72. The summed E-state index contributed by atoms with van der Waals surface area (Å²) in [5, 5.41) is 0. The van der Waals surface area contributed by atoms with Crippen LogP contribution in [-0.4, -0.2) is 46.7 Å². The van der Waals surface area contributed by atoms with Crippen molar-refractivity contribution in [2.75, 3.05) is 0 Å². The van der Waals surface area contributed by atoms with Crippen molar-refractivity contribution >= 4 is 6.71 Å². The molecular weight excluding hydrogens is 711 g/mol. The monoisotopic (exact) mass is 785 g/mol. The summed E-state index contributed by atoms with van der Waals surface area (Å²) in [6.45, 7) is 25.8. The van der Waals surface area contributed by atoms with Crippen LogP contribution in [-0.2, 0) is 0 Å². The summed E-state index contributed by atoms with van der Waals surface area (Å²) in [5.41, 5.74) is 11.0. The second-order valence-electron chi connectivity index (χ2n) is 24.4. The summed E-state index contributed by atoms with van der Waals surface area (Å²) in [7, 11) is 0. The third-order valence-electron chi connectivity index (χ3n) is 18.9. The van der Waals surface area contributed by atoms with E-state index in [1.165, 1.54) is 44.9 Å². The average molecular weight is 785 g/mol. The number of hydrogen-bond acceptors (Lipinski definition) is 2. The van der Waals surface area contributed by atoms with Gasteiger partial charge in [-0.25, -0.2) is 0 Å². The van der Waals surface area contributed by atoms with Crippen LogP contribution in [0.2, 0.25) is 11.6 Å². The van der Waals surface area contributed by atoms with E-state index < -0.39 is 0 Å². The maximum atomic E-state index is 3.14. The van der Waals surface area contributed by atoms with Gasteiger partial charge in [-0.1, -0.05) is 166 Å². The topological polar surface area (TPSA) is 6.48 Å². The lowest BCUT2D eigenvalue weighted by Crippen LogP contribution is -2.65. The number of fused-ring (bicyclic) bond motifs is 10. The van der Waals surface area contributed by atoms with Crippen LogP contribution in [0.3, 0.4) is 0 Å². The van der Waals surface area contributed by atoms with Crippen molar-refractivity contribution < 1.29 is 0 Å².